The molecule has 1 aromatic heterocycles. The summed E-state index contributed by atoms with van der Waals surface area (Å²) in [4.78, 5) is 8.22. The molecule has 3 rings (SSSR count). The van der Waals surface area contributed by atoms with E-state index in [1.807, 2.05) is 18.2 Å². The zero-order valence-electron chi connectivity index (χ0n) is 9.49. The Hall–Kier alpha value is -3.25. The molecule has 0 fully saturated rings. The molecule has 19 heavy (non-hydrogen) atoms. The summed E-state index contributed by atoms with van der Waals surface area (Å²) in [6.07, 6.45) is 0. The van der Waals surface area contributed by atoms with Gasteiger partial charge in [0, 0.05) is 11.1 Å². The average Bonchev–Trinajstić information content (AvgIpc) is 2.78. The normalized spacial score (nSPS) is 13.5. The maximum absolute atomic E-state index is 9.12. The summed E-state index contributed by atoms with van der Waals surface area (Å²) in [6.45, 7) is 0. The molecule has 1 heterocycles. The maximum Gasteiger partial charge on any atom is 0.177 e. The molecule has 0 radical (unpaired) electrons. The third-order valence-electron chi connectivity index (χ3n) is 2.87. The predicted octanol–water partition coefficient (Wildman–Crippen LogP) is 1.43. The van der Waals surface area contributed by atoms with E-state index >= 15 is 0 Å². The van der Waals surface area contributed by atoms with Gasteiger partial charge >= 0.3 is 0 Å². The summed E-state index contributed by atoms with van der Waals surface area (Å²) < 4.78 is 0. The summed E-state index contributed by atoms with van der Waals surface area (Å²) in [5.41, 5.74) is 2.35. The van der Waals surface area contributed by atoms with Gasteiger partial charge in [-0.2, -0.15) is 10.5 Å². The van der Waals surface area contributed by atoms with Gasteiger partial charge in [0.1, 0.15) is 29.2 Å². The van der Waals surface area contributed by atoms with Crippen LogP contribution in [0.5, 0.6) is 0 Å². The summed E-state index contributed by atoms with van der Waals surface area (Å²) in [5.74, 6) is 0. The van der Waals surface area contributed by atoms with E-state index in [0.29, 0.717) is 17.0 Å². The molecule has 1 aromatic carbocycles. The largest absolute Gasteiger partial charge is 0.410 e. The maximum atomic E-state index is 9.12. The quantitative estimate of drug-likeness (QED) is 0.477. The number of nitriles is 2. The van der Waals surface area contributed by atoms with E-state index in [0.717, 1.165) is 5.56 Å². The van der Waals surface area contributed by atoms with Crippen molar-refractivity contribution in [1.29, 1.82) is 10.5 Å². The zero-order valence-corrected chi connectivity index (χ0v) is 9.49. The lowest BCUT2D eigenvalue weighted by Crippen LogP contribution is -2.05. The minimum atomic E-state index is -0.0739. The number of aromatic nitrogens is 2. The molecule has 6 heteroatoms. The monoisotopic (exact) mass is 247 g/mol. The molecule has 0 unspecified atom stereocenters. The van der Waals surface area contributed by atoms with Crippen LogP contribution in [0.4, 0.5) is 0 Å². The highest BCUT2D eigenvalue weighted by Crippen LogP contribution is 2.34. The molecule has 1 aliphatic carbocycles. The molecule has 6 nitrogen and oxygen atoms in total. The summed E-state index contributed by atoms with van der Waals surface area (Å²) in [5, 5.41) is 30.3. The van der Waals surface area contributed by atoms with E-state index in [-0.39, 0.29) is 17.1 Å². The van der Waals surface area contributed by atoms with Crippen LogP contribution in [0.2, 0.25) is 0 Å². The first kappa shape index (κ1) is 10.9. The van der Waals surface area contributed by atoms with E-state index in [4.69, 9.17) is 15.7 Å². The van der Waals surface area contributed by atoms with Crippen LogP contribution in [0.15, 0.2) is 29.4 Å². The molecule has 0 amide bonds. The molecule has 0 spiro atoms. The van der Waals surface area contributed by atoms with Crippen molar-refractivity contribution in [3.8, 4) is 23.4 Å². The molecule has 88 valence electrons. The van der Waals surface area contributed by atoms with E-state index in [2.05, 4.69) is 15.1 Å². The van der Waals surface area contributed by atoms with Crippen molar-refractivity contribution in [3.05, 3.63) is 46.9 Å². The smallest absolute Gasteiger partial charge is 0.177 e. The van der Waals surface area contributed by atoms with Crippen LogP contribution in [0, 0.1) is 22.7 Å². The van der Waals surface area contributed by atoms with Crippen molar-refractivity contribution in [2.45, 2.75) is 0 Å². The van der Waals surface area contributed by atoms with Crippen molar-refractivity contribution in [3.63, 3.8) is 0 Å². The van der Waals surface area contributed by atoms with Gasteiger partial charge in [-0.05, 0) is 0 Å². The van der Waals surface area contributed by atoms with Crippen LogP contribution >= 0.6 is 0 Å². The molecule has 0 bridgehead atoms. The Morgan fingerprint density at radius 1 is 0.947 bits per heavy atom. The van der Waals surface area contributed by atoms with Gasteiger partial charge in [-0.1, -0.05) is 29.4 Å². The Bertz CT molecular complexity index is 811. The van der Waals surface area contributed by atoms with Crippen LogP contribution < -0.4 is 0 Å². The van der Waals surface area contributed by atoms with Crippen LogP contribution in [-0.2, 0) is 0 Å². The number of fused-ring (bicyclic) bond motifs is 3. The Balaban J connectivity index is 2.41. The molecule has 0 saturated carbocycles. The predicted molar refractivity (Wildman–Crippen MR) is 64.3 cm³/mol. The third kappa shape index (κ3) is 1.38. The Morgan fingerprint density at radius 2 is 1.53 bits per heavy atom. The first-order valence-corrected chi connectivity index (χ1v) is 5.34. The minimum absolute atomic E-state index is 0.0322. The van der Waals surface area contributed by atoms with E-state index in [9.17, 15) is 0 Å². The molecule has 0 atom stereocenters. The summed E-state index contributed by atoms with van der Waals surface area (Å²) in [6, 6.07) is 10.8. The standard InChI is InChI=1S/C13H5N5O/c14-5-9-10(6-15)17-13-11(16-9)7-3-1-2-4-8(7)12(13)18-19/h1-4,19H/b18-12+. The van der Waals surface area contributed by atoms with Crippen LogP contribution in [0.25, 0.3) is 11.3 Å². The molecular formula is C13H5N5O. The number of oxime groups is 1. The third-order valence-corrected chi connectivity index (χ3v) is 2.87. The Kier molecular flexibility index (Phi) is 2.23. The minimum Gasteiger partial charge on any atom is -0.410 e. The van der Waals surface area contributed by atoms with Crippen molar-refractivity contribution >= 4 is 5.71 Å². The fourth-order valence-corrected chi connectivity index (χ4v) is 2.07. The van der Waals surface area contributed by atoms with E-state index in [1.54, 1.807) is 18.2 Å². The van der Waals surface area contributed by atoms with Gasteiger partial charge in [0.15, 0.2) is 11.4 Å². The Morgan fingerprint density at radius 3 is 2.11 bits per heavy atom. The zero-order chi connectivity index (χ0) is 13.4. The fourth-order valence-electron chi connectivity index (χ4n) is 2.07. The van der Waals surface area contributed by atoms with Crippen molar-refractivity contribution < 1.29 is 5.21 Å². The van der Waals surface area contributed by atoms with Gasteiger partial charge in [0.2, 0.25) is 0 Å². The van der Waals surface area contributed by atoms with Gasteiger partial charge in [0.05, 0.1) is 0 Å². The van der Waals surface area contributed by atoms with E-state index < -0.39 is 0 Å². The SMILES string of the molecule is N#Cc1nc2c(nc1C#N)-c1ccccc1/C2=N\O. The number of hydrogen-bond acceptors (Lipinski definition) is 6. The highest BCUT2D eigenvalue weighted by atomic mass is 16.4. The van der Waals surface area contributed by atoms with Crippen LogP contribution in [-0.4, -0.2) is 20.9 Å². The fraction of sp³-hybridized carbons (Fsp3) is 0. The molecule has 2 aromatic rings. The van der Waals surface area contributed by atoms with Gasteiger partial charge in [-0.15, -0.1) is 0 Å². The first-order valence-electron chi connectivity index (χ1n) is 5.34. The molecule has 0 saturated heterocycles. The summed E-state index contributed by atoms with van der Waals surface area (Å²) >= 11 is 0. The van der Waals surface area contributed by atoms with Crippen molar-refractivity contribution in [2.24, 2.45) is 5.16 Å². The lowest BCUT2D eigenvalue weighted by molar-refractivity contribution is 0.319. The topological polar surface area (TPSA) is 106 Å². The van der Waals surface area contributed by atoms with E-state index in [1.165, 1.54) is 0 Å². The second-order valence-electron chi connectivity index (χ2n) is 3.84. The van der Waals surface area contributed by atoms with Crippen LogP contribution in [0.1, 0.15) is 22.6 Å². The van der Waals surface area contributed by atoms with Crippen molar-refractivity contribution in [1.82, 2.24) is 9.97 Å². The van der Waals surface area contributed by atoms with Crippen LogP contribution in [0.3, 0.4) is 0 Å². The van der Waals surface area contributed by atoms with Gasteiger partial charge in [-0.25, -0.2) is 9.97 Å². The second-order valence-corrected chi connectivity index (χ2v) is 3.84. The first-order chi connectivity index (χ1) is 9.30. The highest BCUT2D eigenvalue weighted by molar-refractivity contribution is 6.22. The summed E-state index contributed by atoms with van der Waals surface area (Å²) in [7, 11) is 0. The molecular weight excluding hydrogens is 242 g/mol. The second kappa shape index (κ2) is 3.90. The molecule has 1 N–H and O–H groups in total. The number of rotatable bonds is 0. The number of hydrogen-bond donors (Lipinski definition) is 1. The number of nitrogens with zero attached hydrogens (tertiary/aromatic N) is 5. The van der Waals surface area contributed by atoms with Gasteiger partial charge < -0.3 is 5.21 Å². The van der Waals surface area contributed by atoms with Crippen molar-refractivity contribution in [2.75, 3.05) is 0 Å². The highest BCUT2D eigenvalue weighted by Gasteiger charge is 2.29. The van der Waals surface area contributed by atoms with Gasteiger partial charge in [0.25, 0.3) is 0 Å². The average molecular weight is 247 g/mol. The number of benzene rings is 1. The molecule has 1 aliphatic rings. The lowest BCUT2D eigenvalue weighted by atomic mass is 10.1. The lowest BCUT2D eigenvalue weighted by Gasteiger charge is -2.00. The Labute approximate surface area is 107 Å². The van der Waals surface area contributed by atoms with Gasteiger partial charge in [-0.3, -0.25) is 0 Å². The molecule has 0 aliphatic heterocycles.